The maximum Gasteiger partial charge on any atom is 0.119 e. The van der Waals surface area contributed by atoms with Crippen LogP contribution in [0.15, 0.2) is 36.9 Å². The van der Waals surface area contributed by atoms with Gasteiger partial charge in [0.25, 0.3) is 0 Å². The lowest BCUT2D eigenvalue weighted by Crippen LogP contribution is -1.95. The molecule has 0 amide bonds. The molecule has 0 aliphatic carbocycles. The molecule has 1 N–H and O–H groups in total. The van der Waals surface area contributed by atoms with Gasteiger partial charge in [-0.25, -0.2) is 0 Å². The molecule has 1 rings (SSSR count). The molecule has 70 valence electrons. The zero-order chi connectivity index (χ0) is 9.52. The first-order chi connectivity index (χ1) is 6.36. The molecule has 2 nitrogen and oxygen atoms in total. The number of hydrogen-bond donors (Lipinski definition) is 1. The van der Waals surface area contributed by atoms with E-state index in [0.717, 1.165) is 17.7 Å². The Labute approximate surface area is 78.5 Å². The zero-order valence-electron chi connectivity index (χ0n) is 7.57. The molecule has 0 atom stereocenters. The lowest BCUT2D eigenvalue weighted by molar-refractivity contribution is 0.281. The smallest absolute Gasteiger partial charge is 0.119 e. The molecule has 0 spiro atoms. The van der Waals surface area contributed by atoms with Gasteiger partial charge in [-0.2, -0.15) is 0 Å². The highest BCUT2D eigenvalue weighted by molar-refractivity contribution is 5.26. The fraction of sp³-hybridized carbons (Fsp3) is 0.273. The average molecular weight is 178 g/mol. The molecule has 1 aromatic rings. The lowest BCUT2D eigenvalue weighted by atomic mass is 10.2. The Kier molecular flexibility index (Phi) is 4.06. The van der Waals surface area contributed by atoms with Gasteiger partial charge in [-0.3, -0.25) is 0 Å². The Balaban J connectivity index is 2.44. The van der Waals surface area contributed by atoms with E-state index in [1.165, 1.54) is 0 Å². The average Bonchev–Trinajstić information content (AvgIpc) is 2.19. The Hall–Kier alpha value is -1.28. The van der Waals surface area contributed by atoms with Gasteiger partial charge in [-0.05, 0) is 24.1 Å². The summed E-state index contributed by atoms with van der Waals surface area (Å²) >= 11 is 0. The summed E-state index contributed by atoms with van der Waals surface area (Å²) < 4.78 is 5.39. The van der Waals surface area contributed by atoms with Crippen molar-refractivity contribution in [1.82, 2.24) is 0 Å². The molecule has 0 fully saturated rings. The van der Waals surface area contributed by atoms with E-state index in [1.807, 2.05) is 30.3 Å². The van der Waals surface area contributed by atoms with Crippen LogP contribution >= 0.6 is 0 Å². The van der Waals surface area contributed by atoms with Crippen molar-refractivity contribution in [1.29, 1.82) is 0 Å². The highest BCUT2D eigenvalue weighted by atomic mass is 16.5. The molecule has 0 saturated heterocycles. The molecule has 0 aromatic heterocycles. The predicted octanol–water partition coefficient (Wildman–Crippen LogP) is 2.13. The first-order valence-corrected chi connectivity index (χ1v) is 4.30. The Morgan fingerprint density at radius 2 is 2.00 bits per heavy atom. The minimum atomic E-state index is 0.0763. The summed E-state index contributed by atoms with van der Waals surface area (Å²) in [7, 11) is 0. The molecule has 0 saturated carbocycles. The summed E-state index contributed by atoms with van der Waals surface area (Å²) in [5.74, 6) is 0.832. The van der Waals surface area contributed by atoms with E-state index in [2.05, 4.69) is 6.58 Å². The van der Waals surface area contributed by atoms with Crippen LogP contribution in [-0.4, -0.2) is 11.7 Å². The quantitative estimate of drug-likeness (QED) is 0.553. The third kappa shape index (κ3) is 3.30. The Bertz CT molecular complexity index is 251. The highest BCUT2D eigenvalue weighted by Gasteiger charge is 1.92. The molecular weight excluding hydrogens is 164 g/mol. The SMILES string of the molecule is C=CCCOc1ccc(CO)cc1. The van der Waals surface area contributed by atoms with Crippen molar-refractivity contribution in [2.24, 2.45) is 0 Å². The number of rotatable bonds is 5. The minimum Gasteiger partial charge on any atom is -0.493 e. The fourth-order valence-electron chi connectivity index (χ4n) is 0.951. The monoisotopic (exact) mass is 178 g/mol. The summed E-state index contributed by atoms with van der Waals surface area (Å²) in [4.78, 5) is 0. The third-order valence-corrected chi connectivity index (χ3v) is 1.70. The van der Waals surface area contributed by atoms with Crippen LogP contribution in [0.4, 0.5) is 0 Å². The van der Waals surface area contributed by atoms with Crippen LogP contribution < -0.4 is 4.74 Å². The molecule has 13 heavy (non-hydrogen) atoms. The van der Waals surface area contributed by atoms with E-state index >= 15 is 0 Å². The minimum absolute atomic E-state index is 0.0763. The molecule has 0 unspecified atom stereocenters. The van der Waals surface area contributed by atoms with Gasteiger partial charge in [0.15, 0.2) is 0 Å². The first kappa shape index (κ1) is 9.81. The van der Waals surface area contributed by atoms with Crippen LogP contribution in [0, 0.1) is 0 Å². The molecule has 0 bridgehead atoms. The van der Waals surface area contributed by atoms with Gasteiger partial charge in [-0.15, -0.1) is 6.58 Å². The maximum absolute atomic E-state index is 8.79. The summed E-state index contributed by atoms with van der Waals surface area (Å²) in [6.07, 6.45) is 2.67. The van der Waals surface area contributed by atoms with E-state index in [1.54, 1.807) is 0 Å². The van der Waals surface area contributed by atoms with E-state index in [0.29, 0.717) is 6.61 Å². The third-order valence-electron chi connectivity index (χ3n) is 1.70. The van der Waals surface area contributed by atoms with Crippen molar-refractivity contribution in [3.8, 4) is 5.75 Å². The molecule has 0 heterocycles. The first-order valence-electron chi connectivity index (χ1n) is 4.30. The molecule has 0 radical (unpaired) electrons. The molecule has 0 aliphatic rings. The summed E-state index contributed by atoms with van der Waals surface area (Å²) in [6.45, 7) is 4.34. The number of hydrogen-bond acceptors (Lipinski definition) is 2. The number of ether oxygens (including phenoxy) is 1. The topological polar surface area (TPSA) is 29.5 Å². The van der Waals surface area contributed by atoms with Crippen LogP contribution in [-0.2, 0) is 6.61 Å². The van der Waals surface area contributed by atoms with Crippen LogP contribution in [0.2, 0.25) is 0 Å². The van der Waals surface area contributed by atoms with E-state index in [9.17, 15) is 0 Å². The van der Waals surface area contributed by atoms with Gasteiger partial charge in [-0.1, -0.05) is 18.2 Å². The predicted molar refractivity (Wildman–Crippen MR) is 52.7 cm³/mol. The second kappa shape index (κ2) is 5.38. The van der Waals surface area contributed by atoms with Crippen molar-refractivity contribution in [3.63, 3.8) is 0 Å². The summed E-state index contributed by atoms with van der Waals surface area (Å²) in [5.41, 5.74) is 0.899. The van der Waals surface area contributed by atoms with Gasteiger partial charge < -0.3 is 9.84 Å². The van der Waals surface area contributed by atoms with Crippen molar-refractivity contribution in [2.45, 2.75) is 13.0 Å². The Morgan fingerprint density at radius 1 is 1.31 bits per heavy atom. The van der Waals surface area contributed by atoms with Gasteiger partial charge in [0.05, 0.1) is 13.2 Å². The highest BCUT2D eigenvalue weighted by Crippen LogP contribution is 2.12. The number of aliphatic hydroxyl groups is 1. The van der Waals surface area contributed by atoms with Crippen molar-refractivity contribution >= 4 is 0 Å². The van der Waals surface area contributed by atoms with Gasteiger partial charge in [0, 0.05) is 0 Å². The van der Waals surface area contributed by atoms with Crippen molar-refractivity contribution < 1.29 is 9.84 Å². The van der Waals surface area contributed by atoms with Crippen LogP contribution in [0.25, 0.3) is 0 Å². The van der Waals surface area contributed by atoms with Gasteiger partial charge in [0.1, 0.15) is 5.75 Å². The van der Waals surface area contributed by atoms with E-state index < -0.39 is 0 Å². The van der Waals surface area contributed by atoms with E-state index in [-0.39, 0.29) is 6.61 Å². The standard InChI is InChI=1S/C11H14O2/c1-2-3-8-13-11-6-4-10(9-12)5-7-11/h2,4-7,12H,1,3,8-9H2. The maximum atomic E-state index is 8.79. The van der Waals surface area contributed by atoms with Gasteiger partial charge >= 0.3 is 0 Å². The van der Waals surface area contributed by atoms with Crippen LogP contribution in [0.3, 0.4) is 0 Å². The summed E-state index contributed by atoms with van der Waals surface area (Å²) in [5, 5.41) is 8.79. The second-order valence-electron chi connectivity index (χ2n) is 2.73. The lowest BCUT2D eigenvalue weighted by Gasteiger charge is -2.04. The van der Waals surface area contributed by atoms with Crippen molar-refractivity contribution in [3.05, 3.63) is 42.5 Å². The zero-order valence-corrected chi connectivity index (χ0v) is 7.57. The van der Waals surface area contributed by atoms with Gasteiger partial charge in [0.2, 0.25) is 0 Å². The molecule has 1 aromatic carbocycles. The van der Waals surface area contributed by atoms with Crippen LogP contribution in [0.1, 0.15) is 12.0 Å². The number of benzene rings is 1. The molecule has 2 heteroatoms. The Morgan fingerprint density at radius 3 is 2.54 bits per heavy atom. The summed E-state index contributed by atoms with van der Waals surface area (Å²) in [6, 6.07) is 7.41. The molecular formula is C11H14O2. The molecule has 0 aliphatic heterocycles. The fourth-order valence-corrected chi connectivity index (χ4v) is 0.951. The van der Waals surface area contributed by atoms with Crippen LogP contribution in [0.5, 0.6) is 5.75 Å². The largest absolute Gasteiger partial charge is 0.493 e. The number of aliphatic hydroxyl groups excluding tert-OH is 1. The second-order valence-corrected chi connectivity index (χ2v) is 2.73. The normalized spacial score (nSPS) is 9.62. The van der Waals surface area contributed by atoms with Crippen molar-refractivity contribution in [2.75, 3.05) is 6.61 Å². The van der Waals surface area contributed by atoms with E-state index in [4.69, 9.17) is 9.84 Å².